The smallest absolute Gasteiger partial charge is 0.0809 e. The lowest BCUT2D eigenvalue weighted by molar-refractivity contribution is -0.170. The van der Waals surface area contributed by atoms with E-state index in [0.717, 1.165) is 19.1 Å². The summed E-state index contributed by atoms with van der Waals surface area (Å²) < 4.78 is 5.56. The molecule has 0 radical (unpaired) electrons. The van der Waals surface area contributed by atoms with E-state index in [1.54, 1.807) is 0 Å². The first-order valence-electron chi connectivity index (χ1n) is 3.69. The number of rotatable bonds is 1. The summed E-state index contributed by atoms with van der Waals surface area (Å²) in [7, 11) is 0. The molecule has 0 aromatic carbocycles. The van der Waals surface area contributed by atoms with Gasteiger partial charge in [-0.3, -0.25) is 0 Å². The van der Waals surface area contributed by atoms with Gasteiger partial charge in [0.1, 0.15) is 0 Å². The molecule has 0 atom stereocenters. The van der Waals surface area contributed by atoms with Gasteiger partial charge in [-0.1, -0.05) is 0 Å². The van der Waals surface area contributed by atoms with Gasteiger partial charge in [-0.15, -0.1) is 0 Å². The van der Waals surface area contributed by atoms with Crippen molar-refractivity contribution in [1.82, 2.24) is 0 Å². The first kappa shape index (κ1) is 5.69. The van der Waals surface area contributed by atoms with Gasteiger partial charge < -0.3 is 10.5 Å². The summed E-state index contributed by atoms with van der Waals surface area (Å²) in [5.74, 6) is 0.947. The number of hydrogen-bond donors (Lipinski definition) is 1. The highest BCUT2D eigenvalue weighted by molar-refractivity contribution is 4.99. The summed E-state index contributed by atoms with van der Waals surface area (Å²) in [5, 5.41) is 0. The molecule has 1 saturated carbocycles. The van der Waals surface area contributed by atoms with Crippen LogP contribution in [-0.2, 0) is 4.74 Å². The third kappa shape index (κ3) is 0.700. The number of ether oxygens (including phenoxy) is 1. The summed E-state index contributed by atoms with van der Waals surface area (Å²) in [5.41, 5.74) is 5.69. The molecule has 2 heterocycles. The number of nitrogens with two attached hydrogens (primary N) is 1. The molecule has 0 aromatic rings. The van der Waals surface area contributed by atoms with E-state index in [1.165, 1.54) is 19.3 Å². The Bertz CT molecular complexity index is 113. The average molecular weight is 127 g/mol. The quantitative estimate of drug-likeness (QED) is 0.557. The first-order valence-corrected chi connectivity index (χ1v) is 3.69. The van der Waals surface area contributed by atoms with Gasteiger partial charge in [-0.2, -0.15) is 0 Å². The molecule has 1 aliphatic carbocycles. The highest BCUT2D eigenvalue weighted by Crippen LogP contribution is 2.45. The van der Waals surface area contributed by atoms with Crippen LogP contribution in [0.1, 0.15) is 19.3 Å². The van der Waals surface area contributed by atoms with E-state index >= 15 is 0 Å². The van der Waals surface area contributed by atoms with Crippen LogP contribution in [0.3, 0.4) is 0 Å². The SMILES string of the molecule is NCC12CC(CCO1)C2. The minimum atomic E-state index is 0.142. The van der Waals surface area contributed by atoms with Crippen molar-refractivity contribution >= 4 is 0 Å². The van der Waals surface area contributed by atoms with Gasteiger partial charge in [0, 0.05) is 13.2 Å². The molecule has 2 bridgehead atoms. The van der Waals surface area contributed by atoms with E-state index in [1.807, 2.05) is 0 Å². The molecule has 0 aromatic heterocycles. The van der Waals surface area contributed by atoms with Crippen molar-refractivity contribution in [1.29, 1.82) is 0 Å². The fraction of sp³-hybridized carbons (Fsp3) is 1.00. The van der Waals surface area contributed by atoms with E-state index in [4.69, 9.17) is 10.5 Å². The van der Waals surface area contributed by atoms with Crippen LogP contribution in [0.5, 0.6) is 0 Å². The molecule has 0 unspecified atom stereocenters. The van der Waals surface area contributed by atoms with E-state index in [-0.39, 0.29) is 5.60 Å². The topological polar surface area (TPSA) is 35.2 Å². The third-order valence-electron chi connectivity index (χ3n) is 2.63. The van der Waals surface area contributed by atoms with Gasteiger partial charge in [0.15, 0.2) is 0 Å². The second kappa shape index (κ2) is 1.70. The molecule has 2 N–H and O–H groups in total. The normalized spacial score (nSPS) is 48.3. The van der Waals surface area contributed by atoms with Gasteiger partial charge in [0.2, 0.25) is 0 Å². The van der Waals surface area contributed by atoms with Crippen LogP contribution >= 0.6 is 0 Å². The van der Waals surface area contributed by atoms with Crippen molar-refractivity contribution < 1.29 is 4.74 Å². The monoisotopic (exact) mass is 127 g/mol. The molecule has 0 spiro atoms. The molecule has 3 fully saturated rings. The van der Waals surface area contributed by atoms with Gasteiger partial charge in [0.05, 0.1) is 5.60 Å². The molecular formula is C7H13NO. The minimum Gasteiger partial charge on any atom is -0.374 e. The van der Waals surface area contributed by atoms with Crippen LogP contribution in [0.15, 0.2) is 0 Å². The van der Waals surface area contributed by atoms with E-state index < -0.39 is 0 Å². The average Bonchev–Trinajstić information content (AvgIpc) is 1.88. The Morgan fingerprint density at radius 1 is 1.56 bits per heavy atom. The molecule has 2 nitrogen and oxygen atoms in total. The number of fused-ring (bicyclic) bond motifs is 2. The standard InChI is InChI=1S/C7H13NO/c8-5-7-3-6(4-7)1-2-9-7/h6H,1-5,8H2. The summed E-state index contributed by atoms with van der Waals surface area (Å²) in [4.78, 5) is 0. The molecule has 0 amide bonds. The third-order valence-corrected chi connectivity index (χ3v) is 2.63. The van der Waals surface area contributed by atoms with Crippen molar-refractivity contribution in [2.24, 2.45) is 11.7 Å². The Hall–Kier alpha value is -0.0800. The van der Waals surface area contributed by atoms with Crippen LogP contribution in [-0.4, -0.2) is 18.8 Å². The van der Waals surface area contributed by atoms with Gasteiger partial charge in [-0.05, 0) is 25.2 Å². The molecule has 52 valence electrons. The molecule has 9 heavy (non-hydrogen) atoms. The molecule has 2 heteroatoms. The van der Waals surface area contributed by atoms with Crippen molar-refractivity contribution in [2.45, 2.75) is 24.9 Å². The van der Waals surface area contributed by atoms with Crippen molar-refractivity contribution in [2.75, 3.05) is 13.2 Å². The van der Waals surface area contributed by atoms with Crippen LogP contribution in [0.2, 0.25) is 0 Å². The molecule has 3 aliphatic rings. The Morgan fingerprint density at radius 2 is 2.33 bits per heavy atom. The zero-order valence-corrected chi connectivity index (χ0v) is 5.60. The Morgan fingerprint density at radius 3 is 2.67 bits per heavy atom. The zero-order valence-electron chi connectivity index (χ0n) is 5.60. The zero-order chi connectivity index (χ0) is 6.32. The molecule has 3 rings (SSSR count). The lowest BCUT2D eigenvalue weighted by atomic mass is 9.67. The van der Waals surface area contributed by atoms with Crippen LogP contribution in [0.25, 0.3) is 0 Å². The Labute approximate surface area is 55.4 Å². The van der Waals surface area contributed by atoms with Gasteiger partial charge in [0.25, 0.3) is 0 Å². The molecular weight excluding hydrogens is 114 g/mol. The largest absolute Gasteiger partial charge is 0.374 e. The fourth-order valence-electron chi connectivity index (χ4n) is 1.98. The predicted molar refractivity (Wildman–Crippen MR) is 35.1 cm³/mol. The maximum atomic E-state index is 5.56. The lowest BCUT2D eigenvalue weighted by Crippen LogP contribution is -2.55. The summed E-state index contributed by atoms with van der Waals surface area (Å²) in [6.45, 7) is 1.67. The van der Waals surface area contributed by atoms with E-state index in [0.29, 0.717) is 0 Å². The summed E-state index contributed by atoms with van der Waals surface area (Å²) in [6, 6.07) is 0. The van der Waals surface area contributed by atoms with Crippen LogP contribution in [0.4, 0.5) is 0 Å². The maximum absolute atomic E-state index is 5.56. The summed E-state index contributed by atoms with van der Waals surface area (Å²) >= 11 is 0. The predicted octanol–water partition coefficient (Wildman–Crippen LogP) is 0.514. The molecule has 2 saturated heterocycles. The van der Waals surface area contributed by atoms with Crippen molar-refractivity contribution in [3.63, 3.8) is 0 Å². The van der Waals surface area contributed by atoms with Gasteiger partial charge >= 0.3 is 0 Å². The Balaban J connectivity index is 2.02. The first-order chi connectivity index (χ1) is 4.35. The second-order valence-electron chi connectivity index (χ2n) is 3.30. The fourth-order valence-corrected chi connectivity index (χ4v) is 1.98. The number of hydrogen-bond acceptors (Lipinski definition) is 2. The minimum absolute atomic E-state index is 0.142. The highest BCUT2D eigenvalue weighted by atomic mass is 16.5. The summed E-state index contributed by atoms with van der Waals surface area (Å²) in [6.07, 6.45) is 3.72. The van der Waals surface area contributed by atoms with E-state index in [2.05, 4.69) is 0 Å². The van der Waals surface area contributed by atoms with Crippen LogP contribution < -0.4 is 5.73 Å². The lowest BCUT2D eigenvalue weighted by Gasteiger charge is -2.51. The Kier molecular flexibility index (Phi) is 1.08. The van der Waals surface area contributed by atoms with Crippen LogP contribution in [0, 0.1) is 5.92 Å². The second-order valence-corrected chi connectivity index (χ2v) is 3.30. The van der Waals surface area contributed by atoms with Gasteiger partial charge in [-0.25, -0.2) is 0 Å². The van der Waals surface area contributed by atoms with Crippen molar-refractivity contribution in [3.05, 3.63) is 0 Å². The maximum Gasteiger partial charge on any atom is 0.0809 e. The molecule has 2 aliphatic heterocycles. The highest BCUT2D eigenvalue weighted by Gasteiger charge is 2.47. The van der Waals surface area contributed by atoms with Crippen molar-refractivity contribution in [3.8, 4) is 0 Å². The van der Waals surface area contributed by atoms with E-state index in [9.17, 15) is 0 Å².